The van der Waals surface area contributed by atoms with Gasteiger partial charge in [-0.15, -0.1) is 0 Å². The Hall–Kier alpha value is -2.37. The maximum atomic E-state index is 11.6. The molecule has 6 nitrogen and oxygen atoms in total. The van der Waals surface area contributed by atoms with E-state index in [1.807, 2.05) is 6.92 Å². The lowest BCUT2D eigenvalue weighted by atomic mass is 10.1. The van der Waals surface area contributed by atoms with E-state index in [1.54, 1.807) is 6.92 Å². The first-order chi connectivity index (χ1) is 9.95. The lowest BCUT2D eigenvalue weighted by Gasteiger charge is -2.08. The molecule has 1 aromatic carbocycles. The lowest BCUT2D eigenvalue weighted by Crippen LogP contribution is -2.18. The van der Waals surface area contributed by atoms with Crippen LogP contribution in [0.3, 0.4) is 0 Å². The van der Waals surface area contributed by atoms with E-state index in [-0.39, 0.29) is 17.0 Å². The van der Waals surface area contributed by atoms with Crippen molar-refractivity contribution in [3.05, 3.63) is 35.4 Å². The first-order valence-corrected chi connectivity index (χ1v) is 6.71. The van der Waals surface area contributed by atoms with Crippen LogP contribution in [0.2, 0.25) is 0 Å². The highest BCUT2D eigenvalue weighted by Gasteiger charge is 2.18. The Bertz CT molecular complexity index is 505. The van der Waals surface area contributed by atoms with Gasteiger partial charge in [-0.25, -0.2) is 24.2 Å². The highest BCUT2D eigenvalue weighted by atomic mass is 17.2. The van der Waals surface area contributed by atoms with Crippen LogP contribution in [0.25, 0.3) is 0 Å². The molecular weight excluding hydrogens is 276 g/mol. The van der Waals surface area contributed by atoms with Gasteiger partial charge in [-0.1, -0.05) is 26.7 Å². The van der Waals surface area contributed by atoms with Gasteiger partial charge in [0, 0.05) is 0 Å². The predicted molar refractivity (Wildman–Crippen MR) is 73.6 cm³/mol. The van der Waals surface area contributed by atoms with Gasteiger partial charge in [-0.05, 0) is 30.7 Å². The summed E-state index contributed by atoms with van der Waals surface area (Å²) in [6, 6.07) is 5.12. The lowest BCUT2D eigenvalue weighted by molar-refractivity contribution is -0.238. The Morgan fingerprint density at radius 1 is 1.10 bits per heavy atom. The van der Waals surface area contributed by atoms with Crippen LogP contribution in [-0.2, 0) is 14.6 Å². The van der Waals surface area contributed by atoms with Gasteiger partial charge < -0.3 is 5.11 Å². The number of unbranched alkanes of at least 4 members (excludes halogenated alkanes) is 1. The summed E-state index contributed by atoms with van der Waals surface area (Å²) < 4.78 is 0. The van der Waals surface area contributed by atoms with Crippen LogP contribution >= 0.6 is 0 Å². The molecule has 114 valence electrons. The molecule has 1 atom stereocenters. The molecular formula is C15H18O6. The average Bonchev–Trinajstić information content (AvgIpc) is 2.49. The maximum absolute atomic E-state index is 11.6. The molecule has 0 radical (unpaired) electrons. The molecule has 0 aliphatic carbocycles. The van der Waals surface area contributed by atoms with Crippen LogP contribution in [0.5, 0.6) is 0 Å². The van der Waals surface area contributed by atoms with Crippen LogP contribution in [0.4, 0.5) is 0 Å². The summed E-state index contributed by atoms with van der Waals surface area (Å²) in [7, 11) is 0. The van der Waals surface area contributed by atoms with E-state index in [0.717, 1.165) is 12.8 Å². The fourth-order valence-electron chi connectivity index (χ4n) is 1.59. The number of carboxylic acid groups (broad SMARTS) is 1. The van der Waals surface area contributed by atoms with Crippen molar-refractivity contribution < 1.29 is 29.3 Å². The molecule has 6 heteroatoms. The minimum absolute atomic E-state index is 0.0525. The molecule has 0 spiro atoms. The molecule has 0 amide bonds. The summed E-state index contributed by atoms with van der Waals surface area (Å²) >= 11 is 0. The van der Waals surface area contributed by atoms with E-state index in [0.29, 0.717) is 6.42 Å². The highest BCUT2D eigenvalue weighted by Crippen LogP contribution is 2.11. The van der Waals surface area contributed by atoms with Crippen molar-refractivity contribution in [3.8, 4) is 0 Å². The molecule has 1 aromatic rings. The average molecular weight is 294 g/mol. The van der Waals surface area contributed by atoms with Crippen molar-refractivity contribution in [2.45, 2.75) is 33.1 Å². The van der Waals surface area contributed by atoms with Crippen molar-refractivity contribution in [3.63, 3.8) is 0 Å². The van der Waals surface area contributed by atoms with Gasteiger partial charge >= 0.3 is 17.9 Å². The predicted octanol–water partition coefficient (Wildman–Crippen LogP) is 2.83. The van der Waals surface area contributed by atoms with Gasteiger partial charge in [0.2, 0.25) is 0 Å². The van der Waals surface area contributed by atoms with Crippen molar-refractivity contribution in [2.75, 3.05) is 0 Å². The molecule has 0 bridgehead atoms. The highest BCUT2D eigenvalue weighted by molar-refractivity contribution is 5.92. The third-order valence-corrected chi connectivity index (χ3v) is 2.96. The van der Waals surface area contributed by atoms with Crippen molar-refractivity contribution >= 4 is 17.9 Å². The molecule has 0 fully saturated rings. The first kappa shape index (κ1) is 16.7. The third kappa shape index (κ3) is 5.25. The van der Waals surface area contributed by atoms with E-state index in [9.17, 15) is 14.4 Å². The molecule has 0 aliphatic heterocycles. The third-order valence-electron chi connectivity index (χ3n) is 2.96. The second-order valence-corrected chi connectivity index (χ2v) is 4.70. The second kappa shape index (κ2) is 8.04. The zero-order valence-electron chi connectivity index (χ0n) is 12.0. The fraction of sp³-hybridized carbons (Fsp3) is 0.400. The van der Waals surface area contributed by atoms with Crippen LogP contribution in [0.15, 0.2) is 24.3 Å². The topological polar surface area (TPSA) is 89.9 Å². The molecule has 21 heavy (non-hydrogen) atoms. The summed E-state index contributed by atoms with van der Waals surface area (Å²) in [6.45, 7) is 3.71. The number of carbonyl (C=O) groups is 3. The van der Waals surface area contributed by atoms with Crippen LogP contribution in [-0.4, -0.2) is 23.0 Å². The number of rotatable bonds is 6. The summed E-state index contributed by atoms with van der Waals surface area (Å²) in [5.41, 5.74) is 0.158. The van der Waals surface area contributed by atoms with Crippen molar-refractivity contribution in [1.82, 2.24) is 0 Å². The number of hydrogen-bond donors (Lipinski definition) is 1. The zero-order chi connectivity index (χ0) is 15.8. The molecule has 0 aromatic heterocycles. The Labute approximate surface area is 122 Å². The zero-order valence-corrected chi connectivity index (χ0v) is 12.0. The second-order valence-electron chi connectivity index (χ2n) is 4.70. The van der Waals surface area contributed by atoms with Crippen LogP contribution in [0.1, 0.15) is 53.8 Å². The van der Waals surface area contributed by atoms with Gasteiger partial charge in [-0.2, -0.15) is 0 Å². The molecule has 0 heterocycles. The van der Waals surface area contributed by atoms with Gasteiger partial charge in [0.25, 0.3) is 0 Å². The Morgan fingerprint density at radius 3 is 2.19 bits per heavy atom. The maximum Gasteiger partial charge on any atom is 0.386 e. The van der Waals surface area contributed by atoms with E-state index in [2.05, 4.69) is 9.78 Å². The van der Waals surface area contributed by atoms with Gasteiger partial charge in [0.15, 0.2) is 0 Å². The number of aromatic carboxylic acids is 1. The quantitative estimate of drug-likeness (QED) is 0.641. The standard InChI is InChI=1S/C15H18O6/c1-3-4-5-10(2)14(18)20-21-15(19)12-8-6-11(7-9-12)13(16)17/h6-10H,3-5H2,1-2H3,(H,16,17). The summed E-state index contributed by atoms with van der Waals surface area (Å²) in [4.78, 5) is 42.8. The van der Waals surface area contributed by atoms with Crippen molar-refractivity contribution in [1.29, 1.82) is 0 Å². The molecule has 0 saturated heterocycles. The minimum Gasteiger partial charge on any atom is -0.478 e. The molecule has 0 aliphatic rings. The van der Waals surface area contributed by atoms with Crippen LogP contribution < -0.4 is 0 Å². The molecule has 1 N–H and O–H groups in total. The molecule has 0 saturated carbocycles. The largest absolute Gasteiger partial charge is 0.478 e. The Morgan fingerprint density at radius 2 is 1.67 bits per heavy atom. The monoisotopic (exact) mass is 294 g/mol. The smallest absolute Gasteiger partial charge is 0.386 e. The first-order valence-electron chi connectivity index (χ1n) is 6.71. The number of carboxylic acids is 1. The summed E-state index contributed by atoms with van der Waals surface area (Å²) in [5.74, 6) is -2.87. The SMILES string of the molecule is CCCCC(C)C(=O)OOC(=O)c1ccc(C(=O)O)cc1. The minimum atomic E-state index is -1.09. The molecule has 1 unspecified atom stereocenters. The Kier molecular flexibility index (Phi) is 6.39. The Balaban J connectivity index is 2.50. The summed E-state index contributed by atoms with van der Waals surface area (Å²) in [5, 5.41) is 8.74. The van der Waals surface area contributed by atoms with Crippen LogP contribution in [0, 0.1) is 5.92 Å². The molecule has 1 rings (SSSR count). The van der Waals surface area contributed by atoms with Gasteiger partial charge in [0.05, 0.1) is 17.0 Å². The van der Waals surface area contributed by atoms with E-state index < -0.39 is 17.9 Å². The summed E-state index contributed by atoms with van der Waals surface area (Å²) in [6.07, 6.45) is 2.52. The van der Waals surface area contributed by atoms with Gasteiger partial charge in [0.1, 0.15) is 0 Å². The van der Waals surface area contributed by atoms with E-state index in [1.165, 1.54) is 24.3 Å². The normalized spacial score (nSPS) is 11.5. The van der Waals surface area contributed by atoms with E-state index >= 15 is 0 Å². The fourth-order valence-corrected chi connectivity index (χ4v) is 1.59. The van der Waals surface area contributed by atoms with E-state index in [4.69, 9.17) is 5.11 Å². The van der Waals surface area contributed by atoms with Crippen molar-refractivity contribution in [2.24, 2.45) is 5.92 Å². The number of carbonyl (C=O) groups excluding carboxylic acids is 2. The number of benzene rings is 1. The van der Waals surface area contributed by atoms with Gasteiger partial charge in [-0.3, -0.25) is 0 Å². The number of hydrogen-bond acceptors (Lipinski definition) is 5.